The van der Waals surface area contributed by atoms with Crippen LogP contribution >= 0.6 is 11.6 Å². The van der Waals surface area contributed by atoms with Crippen molar-refractivity contribution in [2.45, 2.75) is 40.5 Å². The van der Waals surface area contributed by atoms with E-state index in [-0.39, 0.29) is 42.2 Å². The van der Waals surface area contributed by atoms with Gasteiger partial charge in [0, 0.05) is 11.4 Å². The molecule has 0 bridgehead atoms. The highest BCUT2D eigenvalue weighted by Crippen LogP contribution is 2.43. The number of ether oxygens (including phenoxy) is 2. The zero-order chi connectivity index (χ0) is 23.9. The highest BCUT2D eigenvalue weighted by molar-refractivity contribution is 6.30. The Bertz CT molecular complexity index is 946. The van der Waals surface area contributed by atoms with Crippen molar-refractivity contribution in [3.05, 3.63) is 58.8 Å². The van der Waals surface area contributed by atoms with Gasteiger partial charge in [0.15, 0.2) is 5.78 Å². The Morgan fingerprint density at radius 1 is 1.25 bits per heavy atom. The van der Waals surface area contributed by atoms with E-state index in [4.69, 9.17) is 25.9 Å². The number of benzene rings is 1. The van der Waals surface area contributed by atoms with Crippen molar-refractivity contribution in [3.8, 4) is 0 Å². The maximum absolute atomic E-state index is 13.5. The van der Waals surface area contributed by atoms with E-state index in [1.165, 1.54) is 18.2 Å². The summed E-state index contributed by atoms with van der Waals surface area (Å²) in [7, 11) is 0. The minimum Gasteiger partial charge on any atom is -0.465 e. The van der Waals surface area contributed by atoms with Crippen molar-refractivity contribution in [3.63, 3.8) is 0 Å². The van der Waals surface area contributed by atoms with E-state index in [1.54, 1.807) is 39.8 Å². The highest BCUT2D eigenvalue weighted by Gasteiger charge is 2.49. The van der Waals surface area contributed by atoms with E-state index in [2.05, 4.69) is 11.7 Å². The fourth-order valence-corrected chi connectivity index (χ4v) is 3.62. The first-order valence-electron chi connectivity index (χ1n) is 10.4. The first-order valence-corrected chi connectivity index (χ1v) is 10.8. The molecule has 172 valence electrons. The Balaban J connectivity index is 2.56. The summed E-state index contributed by atoms with van der Waals surface area (Å²) in [6.07, 6.45) is 1.98. The second-order valence-corrected chi connectivity index (χ2v) is 8.32. The summed E-state index contributed by atoms with van der Waals surface area (Å²) < 4.78 is 10.8. The lowest BCUT2D eigenvalue weighted by molar-refractivity contribution is -0.156. The number of halogens is 1. The largest absolute Gasteiger partial charge is 0.465 e. The molecule has 1 aliphatic rings. The maximum Gasteiger partial charge on any atom is 0.343 e. The Kier molecular flexibility index (Phi) is 8.78. The zero-order valence-electron chi connectivity index (χ0n) is 18.8. The molecule has 0 spiro atoms. The number of carbonyl (C=O) groups excluding carboxylic acids is 3. The molecule has 0 fully saturated rings. The molecule has 1 aliphatic carbocycles. The van der Waals surface area contributed by atoms with E-state index in [0.717, 1.165) is 0 Å². The molecule has 0 aromatic heterocycles. The van der Waals surface area contributed by atoms with Gasteiger partial charge in [0.25, 0.3) is 0 Å². The number of carbonyl (C=O) groups is 3. The van der Waals surface area contributed by atoms with Crippen molar-refractivity contribution in [2.75, 3.05) is 13.2 Å². The van der Waals surface area contributed by atoms with Gasteiger partial charge >= 0.3 is 11.9 Å². The summed E-state index contributed by atoms with van der Waals surface area (Å²) in [5, 5.41) is 4.52. The minimum atomic E-state index is -1.06. The number of allylic oxidation sites excluding steroid dienone is 2. The number of nitrogens with zero attached hydrogens (tertiary/aromatic N) is 1. The molecule has 2 rings (SSSR count). The van der Waals surface area contributed by atoms with Gasteiger partial charge in [-0.05, 0) is 43.0 Å². The zero-order valence-corrected chi connectivity index (χ0v) is 19.5. The standard InChI is InChI=1S/C24H28ClNO6/c1-6-13-31-26-17(7-2)19-18(32-22(28)15-9-11-16(25)12-10-15)14-24(4,5)20(21(19)27)23(29)30-8-3/h6,9-12,20H,1,7-8,13-14H2,2-5H3. The molecular weight excluding hydrogens is 434 g/mol. The van der Waals surface area contributed by atoms with E-state index in [1.807, 2.05) is 0 Å². The van der Waals surface area contributed by atoms with E-state index in [9.17, 15) is 14.4 Å². The lowest BCUT2D eigenvalue weighted by atomic mass is 9.67. The average molecular weight is 462 g/mol. The first-order chi connectivity index (χ1) is 15.2. The van der Waals surface area contributed by atoms with Crippen LogP contribution in [-0.2, 0) is 23.9 Å². The van der Waals surface area contributed by atoms with Gasteiger partial charge in [0.1, 0.15) is 18.3 Å². The fourth-order valence-electron chi connectivity index (χ4n) is 3.49. The number of esters is 2. The topological polar surface area (TPSA) is 91.3 Å². The molecule has 8 heteroatoms. The summed E-state index contributed by atoms with van der Waals surface area (Å²) >= 11 is 5.89. The predicted octanol–water partition coefficient (Wildman–Crippen LogP) is 4.90. The number of oxime groups is 1. The molecule has 1 atom stereocenters. The van der Waals surface area contributed by atoms with Crippen LogP contribution in [0.5, 0.6) is 0 Å². The minimum absolute atomic E-state index is 0.0660. The van der Waals surface area contributed by atoms with Crippen LogP contribution in [0.4, 0.5) is 0 Å². The normalized spacial score (nSPS) is 18.2. The molecule has 0 radical (unpaired) electrons. The first kappa shape index (κ1) is 25.3. The van der Waals surface area contributed by atoms with Gasteiger partial charge in [0.05, 0.1) is 23.5 Å². The van der Waals surface area contributed by atoms with Crippen LogP contribution < -0.4 is 0 Å². The third-order valence-corrected chi connectivity index (χ3v) is 5.25. The lowest BCUT2D eigenvalue weighted by Gasteiger charge is -2.37. The number of hydrogen-bond acceptors (Lipinski definition) is 7. The number of ketones is 1. The molecular formula is C24H28ClNO6. The van der Waals surface area contributed by atoms with Gasteiger partial charge in [-0.3, -0.25) is 9.59 Å². The Morgan fingerprint density at radius 3 is 2.47 bits per heavy atom. The van der Waals surface area contributed by atoms with Crippen LogP contribution in [0, 0.1) is 11.3 Å². The summed E-state index contributed by atoms with van der Waals surface area (Å²) in [6, 6.07) is 6.21. The molecule has 0 saturated carbocycles. The smallest absolute Gasteiger partial charge is 0.343 e. The summed E-state index contributed by atoms with van der Waals surface area (Å²) in [5.74, 6) is -2.70. The van der Waals surface area contributed by atoms with Crippen LogP contribution in [0.25, 0.3) is 0 Å². The molecule has 0 saturated heterocycles. The molecule has 1 aromatic carbocycles. The molecule has 0 heterocycles. The number of rotatable bonds is 9. The van der Waals surface area contributed by atoms with Gasteiger partial charge in [-0.2, -0.15) is 0 Å². The van der Waals surface area contributed by atoms with E-state index >= 15 is 0 Å². The second kappa shape index (κ2) is 11.1. The van der Waals surface area contributed by atoms with Gasteiger partial charge < -0.3 is 14.3 Å². The summed E-state index contributed by atoms with van der Waals surface area (Å²) in [6.45, 7) is 10.8. The Morgan fingerprint density at radius 2 is 1.91 bits per heavy atom. The Labute approximate surface area is 193 Å². The molecule has 0 amide bonds. The highest BCUT2D eigenvalue weighted by atomic mass is 35.5. The van der Waals surface area contributed by atoms with Crippen molar-refractivity contribution >= 4 is 35.0 Å². The van der Waals surface area contributed by atoms with Crippen molar-refractivity contribution in [2.24, 2.45) is 16.5 Å². The van der Waals surface area contributed by atoms with E-state index in [0.29, 0.717) is 11.4 Å². The van der Waals surface area contributed by atoms with Crippen LogP contribution in [0.2, 0.25) is 5.02 Å². The van der Waals surface area contributed by atoms with Crippen molar-refractivity contribution in [1.29, 1.82) is 0 Å². The molecule has 0 aliphatic heterocycles. The Hall–Kier alpha value is -2.93. The third kappa shape index (κ3) is 5.85. The molecule has 1 unspecified atom stereocenters. The third-order valence-electron chi connectivity index (χ3n) is 4.99. The summed E-state index contributed by atoms with van der Waals surface area (Å²) in [4.78, 5) is 44.2. The number of Topliss-reactive ketones (excluding diaryl/α,β-unsaturated/α-hetero) is 1. The van der Waals surface area contributed by atoms with Crippen LogP contribution in [-0.4, -0.2) is 36.6 Å². The van der Waals surface area contributed by atoms with Crippen LogP contribution in [0.3, 0.4) is 0 Å². The molecule has 0 N–H and O–H groups in total. The average Bonchev–Trinajstić information content (AvgIpc) is 2.72. The maximum atomic E-state index is 13.5. The van der Waals surface area contributed by atoms with Gasteiger partial charge in [-0.15, -0.1) is 0 Å². The van der Waals surface area contributed by atoms with Gasteiger partial charge in [-0.25, -0.2) is 4.79 Å². The second-order valence-electron chi connectivity index (χ2n) is 7.89. The SMILES string of the molecule is C=CCON=C(CC)C1=C(OC(=O)c2ccc(Cl)cc2)CC(C)(C)C(C(=O)OCC)C1=O. The quantitative estimate of drug-likeness (QED) is 0.130. The van der Waals surface area contributed by atoms with Crippen LogP contribution in [0.1, 0.15) is 50.9 Å². The van der Waals surface area contributed by atoms with Crippen molar-refractivity contribution < 1.29 is 28.7 Å². The van der Waals surface area contributed by atoms with Crippen molar-refractivity contribution in [1.82, 2.24) is 0 Å². The van der Waals surface area contributed by atoms with Crippen LogP contribution in [0.15, 0.2) is 53.4 Å². The predicted molar refractivity (Wildman–Crippen MR) is 121 cm³/mol. The summed E-state index contributed by atoms with van der Waals surface area (Å²) in [5.41, 5.74) is -0.225. The van der Waals surface area contributed by atoms with Gasteiger partial charge in [-0.1, -0.05) is 50.2 Å². The molecule has 32 heavy (non-hydrogen) atoms. The molecule has 7 nitrogen and oxygen atoms in total. The molecule has 1 aromatic rings. The fraction of sp³-hybridized carbons (Fsp3) is 0.417. The number of hydrogen-bond donors (Lipinski definition) is 0. The van der Waals surface area contributed by atoms with Gasteiger partial charge in [0.2, 0.25) is 0 Å². The lowest BCUT2D eigenvalue weighted by Crippen LogP contribution is -2.45. The monoisotopic (exact) mass is 461 g/mol. The van der Waals surface area contributed by atoms with E-state index < -0.39 is 29.1 Å².